The van der Waals surface area contributed by atoms with E-state index in [-0.39, 0.29) is 12.8 Å². The van der Waals surface area contributed by atoms with Crippen LogP contribution in [-0.4, -0.2) is 32.3 Å². The number of phosphoric acid groups is 1. The lowest BCUT2D eigenvalue weighted by molar-refractivity contribution is 0.193. The third kappa shape index (κ3) is 44.3. The second-order valence-electron chi connectivity index (χ2n) is 13.7. The molecule has 45 heavy (non-hydrogen) atoms. The van der Waals surface area contributed by atoms with Crippen molar-refractivity contribution < 1.29 is 33.2 Å². The summed E-state index contributed by atoms with van der Waals surface area (Å²) in [5.74, 6) is 0. The standard InChI is InChI=1S/C36H76O7P2/c37-44(38,39)36-34-32-30-28-26-24-22-20-18-16-14-12-10-8-6-4-2-1-3-5-7-9-11-13-15-17-19-21-23-25-27-29-31-33-35-43-45(40,41)42/h1-36H2,(H2,37,38,39)(H2,40,41,42). The van der Waals surface area contributed by atoms with Gasteiger partial charge in [0.25, 0.3) is 0 Å². The van der Waals surface area contributed by atoms with E-state index in [0.29, 0.717) is 6.42 Å². The van der Waals surface area contributed by atoms with Crippen LogP contribution in [0.15, 0.2) is 0 Å². The van der Waals surface area contributed by atoms with Crippen LogP contribution in [0.5, 0.6) is 0 Å². The Balaban J connectivity index is 3.08. The smallest absolute Gasteiger partial charge is 0.324 e. The van der Waals surface area contributed by atoms with Gasteiger partial charge in [-0.15, -0.1) is 0 Å². The van der Waals surface area contributed by atoms with Gasteiger partial charge < -0.3 is 19.6 Å². The van der Waals surface area contributed by atoms with Gasteiger partial charge in [-0.25, -0.2) is 4.57 Å². The molecule has 4 N–H and O–H groups in total. The highest BCUT2D eigenvalue weighted by molar-refractivity contribution is 7.51. The van der Waals surface area contributed by atoms with Crippen LogP contribution in [0.3, 0.4) is 0 Å². The van der Waals surface area contributed by atoms with Gasteiger partial charge in [0.15, 0.2) is 0 Å². The van der Waals surface area contributed by atoms with Crippen LogP contribution in [0.4, 0.5) is 0 Å². The Morgan fingerprint density at radius 1 is 0.289 bits per heavy atom. The molecule has 0 unspecified atom stereocenters. The third-order valence-corrected chi connectivity index (χ3v) is 10.5. The van der Waals surface area contributed by atoms with Gasteiger partial charge in [-0.1, -0.05) is 205 Å². The number of phosphoric ester groups is 1. The second-order valence-corrected chi connectivity index (χ2v) is 16.7. The van der Waals surface area contributed by atoms with Gasteiger partial charge in [0.2, 0.25) is 0 Å². The van der Waals surface area contributed by atoms with Gasteiger partial charge in [0.05, 0.1) is 6.61 Å². The molecule has 0 aliphatic carbocycles. The SMILES string of the molecule is O=P(O)(O)CCCCCCCCCCCCCCCCCCCCCCCCCCCCCCCCCCCCOP(=O)(O)O. The van der Waals surface area contributed by atoms with Crippen LogP contribution in [0.25, 0.3) is 0 Å². The Hall–Kier alpha value is 0.260. The average molecular weight is 683 g/mol. The maximum absolute atomic E-state index is 10.8. The van der Waals surface area contributed by atoms with Gasteiger partial charge in [-0.2, -0.15) is 0 Å². The molecule has 272 valence electrons. The molecule has 0 saturated carbocycles. The maximum Gasteiger partial charge on any atom is 0.469 e. The highest BCUT2D eigenvalue weighted by atomic mass is 31.2. The monoisotopic (exact) mass is 683 g/mol. The molecule has 0 rings (SSSR count). The molecule has 0 radical (unpaired) electrons. The molecule has 0 aliphatic heterocycles. The lowest BCUT2D eigenvalue weighted by Gasteiger charge is -2.05. The van der Waals surface area contributed by atoms with E-state index in [9.17, 15) is 9.13 Å². The van der Waals surface area contributed by atoms with Crippen molar-refractivity contribution in [1.82, 2.24) is 0 Å². The molecule has 0 aromatic heterocycles. The first-order valence-electron chi connectivity index (χ1n) is 19.5. The lowest BCUT2D eigenvalue weighted by Crippen LogP contribution is -1.92. The summed E-state index contributed by atoms with van der Waals surface area (Å²) in [5.41, 5.74) is 0. The molecule has 0 atom stereocenters. The number of hydrogen-bond donors (Lipinski definition) is 4. The fourth-order valence-electron chi connectivity index (χ4n) is 6.26. The minimum Gasteiger partial charge on any atom is -0.324 e. The average Bonchev–Trinajstić information content (AvgIpc) is 2.97. The molecular formula is C36H76O7P2. The van der Waals surface area contributed by atoms with Crippen LogP contribution in [0.1, 0.15) is 218 Å². The van der Waals surface area contributed by atoms with Crippen molar-refractivity contribution in [3.63, 3.8) is 0 Å². The molecule has 7 nitrogen and oxygen atoms in total. The molecule has 0 aromatic carbocycles. The minimum absolute atomic E-state index is 0.0520. The van der Waals surface area contributed by atoms with Crippen LogP contribution < -0.4 is 0 Å². The first-order chi connectivity index (χ1) is 21.7. The van der Waals surface area contributed by atoms with Crippen LogP contribution in [-0.2, 0) is 13.7 Å². The fourth-order valence-corrected chi connectivity index (χ4v) is 7.26. The summed E-state index contributed by atoms with van der Waals surface area (Å²) in [6, 6.07) is 0. The summed E-state index contributed by atoms with van der Waals surface area (Å²) in [4.78, 5) is 35.0. The molecule has 0 aromatic rings. The van der Waals surface area contributed by atoms with Gasteiger partial charge >= 0.3 is 15.4 Å². The zero-order chi connectivity index (χ0) is 33.2. The quantitative estimate of drug-likeness (QED) is 0.0377. The predicted octanol–water partition coefficient (Wildman–Crippen LogP) is 12.5. The maximum atomic E-state index is 10.8. The van der Waals surface area contributed by atoms with Gasteiger partial charge in [0, 0.05) is 6.16 Å². The number of hydrogen-bond acceptors (Lipinski definition) is 3. The van der Waals surface area contributed by atoms with Crippen LogP contribution in [0.2, 0.25) is 0 Å². The molecule has 0 amide bonds. The lowest BCUT2D eigenvalue weighted by atomic mass is 10.0. The fraction of sp³-hybridized carbons (Fsp3) is 1.00. The molecule has 0 aliphatic rings. The number of unbranched alkanes of at least 4 members (excludes halogenated alkanes) is 33. The van der Waals surface area contributed by atoms with E-state index in [2.05, 4.69) is 4.52 Å². The van der Waals surface area contributed by atoms with Gasteiger partial charge in [-0.05, 0) is 12.8 Å². The van der Waals surface area contributed by atoms with Crippen molar-refractivity contribution in [3.8, 4) is 0 Å². The third-order valence-electron chi connectivity index (χ3n) is 9.10. The van der Waals surface area contributed by atoms with Crippen molar-refractivity contribution in [2.45, 2.75) is 218 Å². The second kappa shape index (κ2) is 34.1. The van der Waals surface area contributed by atoms with E-state index in [1.807, 2.05) is 0 Å². The van der Waals surface area contributed by atoms with Crippen molar-refractivity contribution in [1.29, 1.82) is 0 Å². The van der Waals surface area contributed by atoms with E-state index in [4.69, 9.17) is 19.6 Å². The molecule has 0 bridgehead atoms. The first-order valence-corrected chi connectivity index (χ1v) is 22.8. The topological polar surface area (TPSA) is 124 Å². The summed E-state index contributed by atoms with van der Waals surface area (Å²) in [7, 11) is -8.06. The summed E-state index contributed by atoms with van der Waals surface area (Å²) in [6.07, 6.45) is 44.2. The Bertz CT molecular complexity index is 624. The van der Waals surface area contributed by atoms with Gasteiger partial charge in [-0.3, -0.25) is 9.09 Å². The van der Waals surface area contributed by atoms with Crippen molar-refractivity contribution >= 4 is 15.4 Å². The van der Waals surface area contributed by atoms with Crippen molar-refractivity contribution in [2.75, 3.05) is 12.8 Å². The predicted molar refractivity (Wildman–Crippen MR) is 192 cm³/mol. The highest BCUT2D eigenvalue weighted by Gasteiger charge is 2.12. The zero-order valence-electron chi connectivity index (χ0n) is 29.4. The summed E-state index contributed by atoms with van der Waals surface area (Å²) < 4.78 is 25.9. The molecule has 0 fully saturated rings. The molecule has 9 heteroatoms. The number of rotatable bonds is 38. The van der Waals surface area contributed by atoms with Crippen molar-refractivity contribution in [2.24, 2.45) is 0 Å². The molecule has 0 heterocycles. The van der Waals surface area contributed by atoms with E-state index < -0.39 is 15.4 Å². The largest absolute Gasteiger partial charge is 0.469 e. The van der Waals surface area contributed by atoms with Gasteiger partial charge in [0.1, 0.15) is 0 Å². The normalized spacial score (nSPS) is 12.4. The Kier molecular flexibility index (Phi) is 34.3. The Morgan fingerprint density at radius 2 is 0.467 bits per heavy atom. The summed E-state index contributed by atoms with van der Waals surface area (Å²) in [6.45, 7) is 0.161. The molecule has 0 saturated heterocycles. The Labute approximate surface area is 279 Å². The van der Waals surface area contributed by atoms with E-state index >= 15 is 0 Å². The van der Waals surface area contributed by atoms with Crippen LogP contribution >= 0.6 is 15.4 Å². The van der Waals surface area contributed by atoms with E-state index in [1.165, 1.54) is 180 Å². The molecular weight excluding hydrogens is 606 g/mol. The Morgan fingerprint density at radius 3 is 0.644 bits per heavy atom. The van der Waals surface area contributed by atoms with E-state index in [1.54, 1.807) is 0 Å². The first kappa shape index (κ1) is 45.3. The zero-order valence-corrected chi connectivity index (χ0v) is 31.2. The van der Waals surface area contributed by atoms with Crippen LogP contribution in [0, 0.1) is 0 Å². The summed E-state index contributed by atoms with van der Waals surface area (Å²) in [5, 5.41) is 0. The highest BCUT2D eigenvalue weighted by Crippen LogP contribution is 2.36. The van der Waals surface area contributed by atoms with Crippen molar-refractivity contribution in [3.05, 3.63) is 0 Å². The summed E-state index contributed by atoms with van der Waals surface area (Å²) >= 11 is 0. The molecule has 0 spiro atoms. The minimum atomic E-state index is -4.28. The van der Waals surface area contributed by atoms with E-state index in [0.717, 1.165) is 32.1 Å².